The quantitative estimate of drug-likeness (QED) is 0.667. The first-order valence-corrected chi connectivity index (χ1v) is 6.59. The van der Waals surface area contributed by atoms with E-state index in [-0.39, 0.29) is 11.8 Å². The number of ether oxygens (including phenoxy) is 1. The van der Waals surface area contributed by atoms with Crippen molar-refractivity contribution >= 4 is 11.4 Å². The molecule has 116 valence electrons. The highest BCUT2D eigenvalue weighted by molar-refractivity contribution is 5.62. The molecule has 0 aliphatic carbocycles. The Balaban J connectivity index is 2.05. The average Bonchev–Trinajstić information content (AvgIpc) is 2.90. The van der Waals surface area contributed by atoms with Crippen LogP contribution in [0.25, 0.3) is 0 Å². The molecule has 0 amide bonds. The summed E-state index contributed by atoms with van der Waals surface area (Å²) < 4.78 is 43.1. The first kappa shape index (κ1) is 15.6. The molecule has 21 heavy (non-hydrogen) atoms. The van der Waals surface area contributed by atoms with Gasteiger partial charge in [-0.2, -0.15) is 13.2 Å². The van der Waals surface area contributed by atoms with Gasteiger partial charge in [-0.3, -0.25) is 10.1 Å². The van der Waals surface area contributed by atoms with Crippen molar-refractivity contribution in [3.8, 4) is 0 Å². The summed E-state index contributed by atoms with van der Waals surface area (Å²) in [7, 11) is 0. The Labute approximate surface area is 119 Å². The van der Waals surface area contributed by atoms with E-state index >= 15 is 0 Å². The lowest BCUT2D eigenvalue weighted by molar-refractivity contribution is -0.384. The third-order valence-electron chi connectivity index (χ3n) is 3.33. The van der Waals surface area contributed by atoms with Gasteiger partial charge in [-0.05, 0) is 31.4 Å². The van der Waals surface area contributed by atoms with Crippen LogP contribution in [-0.2, 0) is 10.9 Å². The van der Waals surface area contributed by atoms with E-state index in [1.165, 1.54) is 0 Å². The minimum atomic E-state index is -4.60. The molecule has 0 spiro atoms. The molecule has 1 aromatic carbocycles. The number of rotatable bonds is 5. The number of halogens is 3. The van der Waals surface area contributed by atoms with Gasteiger partial charge in [-0.15, -0.1) is 0 Å². The standard InChI is InChI=1S/C13H15F3N2O3/c14-13(15,16)9-3-4-11(12(8-9)18(19)20)17-6-5-10-2-1-7-21-10/h3-4,8,10,17H,1-2,5-7H2. The molecule has 1 unspecified atom stereocenters. The van der Waals surface area contributed by atoms with E-state index in [0.29, 0.717) is 25.6 Å². The molecule has 8 heteroatoms. The van der Waals surface area contributed by atoms with Crippen molar-refractivity contribution in [3.63, 3.8) is 0 Å². The third-order valence-corrected chi connectivity index (χ3v) is 3.33. The van der Waals surface area contributed by atoms with Gasteiger partial charge in [0.05, 0.1) is 16.6 Å². The van der Waals surface area contributed by atoms with Gasteiger partial charge >= 0.3 is 6.18 Å². The van der Waals surface area contributed by atoms with Crippen LogP contribution in [0.3, 0.4) is 0 Å². The van der Waals surface area contributed by atoms with Crippen LogP contribution in [-0.4, -0.2) is 24.2 Å². The molecule has 0 bridgehead atoms. The van der Waals surface area contributed by atoms with E-state index < -0.39 is 22.4 Å². The van der Waals surface area contributed by atoms with Crippen LogP contribution in [0.1, 0.15) is 24.8 Å². The van der Waals surface area contributed by atoms with Crippen molar-refractivity contribution in [1.29, 1.82) is 0 Å². The zero-order chi connectivity index (χ0) is 15.5. The zero-order valence-corrected chi connectivity index (χ0v) is 11.2. The van der Waals surface area contributed by atoms with Gasteiger partial charge in [0.1, 0.15) is 5.69 Å². The lowest BCUT2D eigenvalue weighted by Gasteiger charge is -2.12. The average molecular weight is 304 g/mol. The lowest BCUT2D eigenvalue weighted by atomic mass is 10.1. The van der Waals surface area contributed by atoms with Gasteiger partial charge in [0.25, 0.3) is 5.69 Å². The second-order valence-corrected chi connectivity index (χ2v) is 4.84. The van der Waals surface area contributed by atoms with E-state index in [9.17, 15) is 23.3 Å². The first-order chi connectivity index (χ1) is 9.88. The summed E-state index contributed by atoms with van der Waals surface area (Å²) >= 11 is 0. The molecule has 1 aliphatic rings. The Hall–Kier alpha value is -1.83. The number of nitrogens with one attached hydrogen (secondary N) is 1. The van der Waals surface area contributed by atoms with Gasteiger partial charge in [0.2, 0.25) is 0 Å². The molecule has 1 saturated heterocycles. The maximum Gasteiger partial charge on any atom is 0.416 e. The number of hydrogen-bond acceptors (Lipinski definition) is 4. The molecule has 2 rings (SSSR count). The molecule has 1 aliphatic heterocycles. The fourth-order valence-corrected chi connectivity index (χ4v) is 2.25. The first-order valence-electron chi connectivity index (χ1n) is 6.59. The third kappa shape index (κ3) is 4.07. The Morgan fingerprint density at radius 1 is 1.43 bits per heavy atom. The minimum absolute atomic E-state index is 0.0889. The highest BCUT2D eigenvalue weighted by atomic mass is 19.4. The van der Waals surface area contributed by atoms with E-state index in [1.54, 1.807) is 0 Å². The summed E-state index contributed by atoms with van der Waals surface area (Å²) in [4.78, 5) is 10.1. The molecule has 1 heterocycles. The van der Waals surface area contributed by atoms with E-state index in [1.807, 2.05) is 0 Å². The van der Waals surface area contributed by atoms with Crippen molar-refractivity contribution in [1.82, 2.24) is 0 Å². The van der Waals surface area contributed by atoms with E-state index in [4.69, 9.17) is 4.74 Å². The van der Waals surface area contributed by atoms with Gasteiger partial charge in [-0.1, -0.05) is 0 Å². The number of alkyl halides is 3. The fraction of sp³-hybridized carbons (Fsp3) is 0.538. The minimum Gasteiger partial charge on any atom is -0.379 e. The predicted octanol–water partition coefficient (Wildman–Crippen LogP) is 3.59. The van der Waals surface area contributed by atoms with Crippen LogP contribution < -0.4 is 5.32 Å². The van der Waals surface area contributed by atoms with Crippen LogP contribution in [0.15, 0.2) is 18.2 Å². The molecule has 5 nitrogen and oxygen atoms in total. The molecule has 0 aromatic heterocycles. The highest BCUT2D eigenvalue weighted by Crippen LogP contribution is 2.35. The summed E-state index contributed by atoms with van der Waals surface area (Å²) in [5.41, 5.74) is -1.51. The van der Waals surface area contributed by atoms with Gasteiger partial charge in [0.15, 0.2) is 0 Å². The molecule has 1 N–H and O–H groups in total. The number of benzene rings is 1. The van der Waals surface area contributed by atoms with Crippen molar-refractivity contribution in [2.45, 2.75) is 31.5 Å². The normalized spacial score (nSPS) is 18.7. The highest BCUT2D eigenvalue weighted by Gasteiger charge is 2.33. The van der Waals surface area contributed by atoms with Crippen LogP contribution in [0.4, 0.5) is 24.5 Å². The Morgan fingerprint density at radius 3 is 2.76 bits per heavy atom. The number of nitro groups is 1. The summed E-state index contributed by atoms with van der Waals surface area (Å²) in [6.45, 7) is 1.13. The van der Waals surface area contributed by atoms with Crippen LogP contribution in [0.5, 0.6) is 0 Å². The van der Waals surface area contributed by atoms with Crippen molar-refractivity contribution in [2.75, 3.05) is 18.5 Å². The molecular weight excluding hydrogens is 289 g/mol. The molecular formula is C13H15F3N2O3. The number of anilines is 1. The molecule has 1 fully saturated rings. The van der Waals surface area contributed by atoms with Crippen molar-refractivity contribution in [2.24, 2.45) is 0 Å². The maximum atomic E-state index is 12.6. The fourth-order valence-electron chi connectivity index (χ4n) is 2.25. The molecule has 1 atom stereocenters. The van der Waals surface area contributed by atoms with E-state index in [0.717, 1.165) is 25.0 Å². The topological polar surface area (TPSA) is 64.4 Å². The monoisotopic (exact) mass is 304 g/mol. The van der Waals surface area contributed by atoms with E-state index in [2.05, 4.69) is 5.32 Å². The van der Waals surface area contributed by atoms with Gasteiger partial charge in [-0.25, -0.2) is 0 Å². The van der Waals surface area contributed by atoms with Crippen LogP contribution >= 0.6 is 0 Å². The Bertz CT molecular complexity index is 514. The van der Waals surface area contributed by atoms with Crippen molar-refractivity contribution in [3.05, 3.63) is 33.9 Å². The molecule has 1 aromatic rings. The van der Waals surface area contributed by atoms with Gasteiger partial charge in [0, 0.05) is 19.2 Å². The summed E-state index contributed by atoms with van der Waals surface area (Å²) in [6, 6.07) is 2.48. The SMILES string of the molecule is O=[N+]([O-])c1cc(C(F)(F)F)ccc1NCCC1CCCO1. The van der Waals surface area contributed by atoms with Crippen LogP contribution in [0.2, 0.25) is 0 Å². The second kappa shape index (κ2) is 6.30. The Morgan fingerprint density at radius 2 is 2.19 bits per heavy atom. The molecule has 0 saturated carbocycles. The predicted molar refractivity (Wildman–Crippen MR) is 70.2 cm³/mol. The Kier molecular flexibility index (Phi) is 4.66. The second-order valence-electron chi connectivity index (χ2n) is 4.84. The van der Waals surface area contributed by atoms with Crippen LogP contribution in [0, 0.1) is 10.1 Å². The number of nitro benzene ring substituents is 1. The zero-order valence-electron chi connectivity index (χ0n) is 11.2. The maximum absolute atomic E-state index is 12.6. The van der Waals surface area contributed by atoms with Crippen molar-refractivity contribution < 1.29 is 22.8 Å². The summed E-state index contributed by atoms with van der Waals surface area (Å²) in [6.07, 6.45) is -1.88. The number of nitrogens with zero attached hydrogens (tertiary/aromatic N) is 1. The van der Waals surface area contributed by atoms with Gasteiger partial charge < -0.3 is 10.1 Å². The molecule has 0 radical (unpaired) electrons. The summed E-state index contributed by atoms with van der Waals surface area (Å²) in [5.74, 6) is 0. The summed E-state index contributed by atoms with van der Waals surface area (Å²) in [5, 5.41) is 13.7. The largest absolute Gasteiger partial charge is 0.416 e. The lowest BCUT2D eigenvalue weighted by Crippen LogP contribution is -2.13. The number of hydrogen-bond donors (Lipinski definition) is 1. The smallest absolute Gasteiger partial charge is 0.379 e.